The van der Waals surface area contributed by atoms with E-state index in [1.54, 1.807) is 24.3 Å². The zero-order valence-electron chi connectivity index (χ0n) is 20.3. The van der Waals surface area contributed by atoms with Crippen molar-refractivity contribution >= 4 is 5.97 Å². The Morgan fingerprint density at radius 3 is 1.78 bits per heavy atom. The van der Waals surface area contributed by atoms with Crippen LogP contribution in [-0.2, 0) is 15.6 Å². The second-order valence-corrected chi connectivity index (χ2v) is 10.7. The largest absolute Gasteiger partial charge is 0.546 e. The Hall–Kier alpha value is -2.73. The van der Waals surface area contributed by atoms with Gasteiger partial charge in [0.05, 0.1) is 5.97 Å². The number of carbonyl (C=O) groups excluding carboxylic acids is 1. The summed E-state index contributed by atoms with van der Waals surface area (Å²) >= 11 is 0. The van der Waals surface area contributed by atoms with E-state index in [2.05, 4.69) is 0 Å². The van der Waals surface area contributed by atoms with Gasteiger partial charge in [-0.1, -0.05) is 53.7 Å². The Bertz CT molecular complexity index is 911. The van der Waals surface area contributed by atoms with E-state index in [4.69, 9.17) is 9.47 Å². The number of rotatable bonds is 7. The molecule has 0 aromatic heterocycles. The molecule has 32 heavy (non-hydrogen) atoms. The molecule has 2 aromatic rings. The number of phenolic OH excluding ortho intramolecular Hbond substituents is 1. The Kier molecular flexibility index (Phi) is 7.20. The monoisotopic (exact) mass is 443 g/mol. The number of hydrogen-bond acceptors (Lipinski definition) is 6. The lowest BCUT2D eigenvalue weighted by Gasteiger charge is -2.28. The quantitative estimate of drug-likeness (QED) is 0.671. The number of aliphatic hydroxyl groups is 1. The summed E-state index contributed by atoms with van der Waals surface area (Å²) in [5.74, 6) is -0.104. The van der Waals surface area contributed by atoms with Gasteiger partial charge < -0.3 is 29.6 Å². The molecule has 0 aliphatic rings. The minimum Gasteiger partial charge on any atom is -0.546 e. The van der Waals surface area contributed by atoms with Gasteiger partial charge in [-0.25, -0.2) is 0 Å². The highest BCUT2D eigenvalue weighted by Crippen LogP contribution is 2.41. The molecule has 0 saturated carbocycles. The molecule has 0 bridgehead atoms. The highest BCUT2D eigenvalue weighted by Gasteiger charge is 2.27. The number of ether oxygens (including phenoxy) is 2. The number of aliphatic carboxylic acids is 1. The first-order chi connectivity index (χ1) is 14.5. The van der Waals surface area contributed by atoms with Crippen molar-refractivity contribution in [1.82, 2.24) is 0 Å². The standard InChI is InChI=1S/C26H36O6/c1-24(2,3)19-13-18(14-20(22(19)28)25(4,5)6)31-15-21(27)16-9-11-17(12-10-16)32-26(7,8)23(29)30/h9-14,21,27-28H,15H2,1-8H3,(H,29,30)/p-1. The summed E-state index contributed by atoms with van der Waals surface area (Å²) in [7, 11) is 0. The van der Waals surface area contributed by atoms with Gasteiger partial charge in [0, 0.05) is 11.1 Å². The van der Waals surface area contributed by atoms with Gasteiger partial charge in [0.2, 0.25) is 0 Å². The van der Waals surface area contributed by atoms with Crippen molar-refractivity contribution in [1.29, 1.82) is 0 Å². The van der Waals surface area contributed by atoms with Crippen LogP contribution in [0.4, 0.5) is 0 Å². The van der Waals surface area contributed by atoms with Crippen molar-refractivity contribution in [2.24, 2.45) is 0 Å². The molecule has 0 fully saturated rings. The van der Waals surface area contributed by atoms with E-state index < -0.39 is 17.7 Å². The van der Waals surface area contributed by atoms with Gasteiger partial charge in [-0.15, -0.1) is 0 Å². The molecule has 0 radical (unpaired) electrons. The normalized spacial score (nSPS) is 13.5. The molecule has 1 unspecified atom stereocenters. The number of carbonyl (C=O) groups is 1. The molecule has 6 nitrogen and oxygen atoms in total. The third-order valence-electron chi connectivity index (χ3n) is 5.24. The Morgan fingerprint density at radius 1 is 0.906 bits per heavy atom. The predicted octanol–water partition coefficient (Wildman–Crippen LogP) is 4.01. The summed E-state index contributed by atoms with van der Waals surface area (Å²) < 4.78 is 11.3. The lowest BCUT2D eigenvalue weighted by molar-refractivity contribution is -0.320. The third-order valence-corrected chi connectivity index (χ3v) is 5.24. The molecule has 0 aliphatic carbocycles. The molecule has 0 spiro atoms. The highest BCUT2D eigenvalue weighted by molar-refractivity contribution is 5.74. The lowest BCUT2D eigenvalue weighted by Crippen LogP contribution is -2.47. The molecular formula is C26H35O6-. The van der Waals surface area contributed by atoms with Gasteiger partial charge in [0.1, 0.15) is 35.6 Å². The average molecular weight is 444 g/mol. The average Bonchev–Trinajstić information content (AvgIpc) is 2.65. The number of carboxylic acids is 1. The summed E-state index contributed by atoms with van der Waals surface area (Å²) in [6.07, 6.45) is -0.900. The molecule has 2 rings (SSSR count). The predicted molar refractivity (Wildman–Crippen MR) is 122 cm³/mol. The number of phenols is 1. The minimum absolute atomic E-state index is 0.0166. The fraction of sp³-hybridized carbons (Fsp3) is 0.500. The Labute approximate surface area is 190 Å². The van der Waals surface area contributed by atoms with E-state index in [1.807, 2.05) is 53.7 Å². The molecule has 0 amide bonds. The van der Waals surface area contributed by atoms with E-state index in [0.717, 1.165) is 11.1 Å². The fourth-order valence-corrected chi connectivity index (χ4v) is 3.20. The summed E-state index contributed by atoms with van der Waals surface area (Å²) in [4.78, 5) is 11.1. The number of hydrogen-bond donors (Lipinski definition) is 2. The van der Waals surface area contributed by atoms with Crippen molar-refractivity contribution in [3.8, 4) is 17.2 Å². The van der Waals surface area contributed by atoms with Crippen LogP contribution in [0.3, 0.4) is 0 Å². The van der Waals surface area contributed by atoms with E-state index in [9.17, 15) is 20.1 Å². The summed E-state index contributed by atoms with van der Waals surface area (Å²) in [6, 6.07) is 10.1. The maximum Gasteiger partial charge on any atom is 0.143 e. The van der Waals surface area contributed by atoms with Crippen LogP contribution in [0.5, 0.6) is 17.2 Å². The van der Waals surface area contributed by atoms with Gasteiger partial charge >= 0.3 is 0 Å². The van der Waals surface area contributed by atoms with Crippen LogP contribution < -0.4 is 14.6 Å². The molecule has 0 heterocycles. The smallest absolute Gasteiger partial charge is 0.143 e. The summed E-state index contributed by atoms with van der Waals surface area (Å²) in [5.41, 5.74) is 0.152. The zero-order valence-corrected chi connectivity index (χ0v) is 20.3. The van der Waals surface area contributed by atoms with Gasteiger partial charge in [-0.05, 0) is 54.5 Å². The van der Waals surface area contributed by atoms with Crippen molar-refractivity contribution in [3.05, 3.63) is 53.1 Å². The molecule has 1 atom stereocenters. The number of benzene rings is 2. The zero-order chi connectivity index (χ0) is 24.5. The summed E-state index contributed by atoms with van der Waals surface area (Å²) in [5, 5.41) is 32.5. The van der Waals surface area contributed by atoms with E-state index >= 15 is 0 Å². The van der Waals surface area contributed by atoms with Crippen molar-refractivity contribution in [3.63, 3.8) is 0 Å². The Morgan fingerprint density at radius 2 is 1.38 bits per heavy atom. The first kappa shape index (κ1) is 25.5. The van der Waals surface area contributed by atoms with E-state index in [0.29, 0.717) is 17.1 Å². The SMILES string of the molecule is CC(C)(Oc1ccc(C(O)COc2cc(C(C)(C)C)c(O)c(C(C)(C)C)c2)cc1)C(=O)[O-]. The van der Waals surface area contributed by atoms with Gasteiger partial charge in [-0.3, -0.25) is 0 Å². The minimum atomic E-state index is -1.46. The third kappa shape index (κ3) is 6.16. The van der Waals surface area contributed by atoms with Gasteiger partial charge in [-0.2, -0.15) is 0 Å². The topological polar surface area (TPSA) is 99.1 Å². The molecule has 2 N–H and O–H groups in total. The van der Waals surface area contributed by atoms with Crippen LogP contribution >= 0.6 is 0 Å². The molecular weight excluding hydrogens is 408 g/mol. The summed E-state index contributed by atoms with van der Waals surface area (Å²) in [6.45, 7) is 15.0. The van der Waals surface area contributed by atoms with Crippen LogP contribution in [0.1, 0.15) is 78.2 Å². The van der Waals surface area contributed by atoms with Gasteiger partial charge in [0.15, 0.2) is 0 Å². The number of carboxylic acid groups (broad SMARTS) is 1. The first-order valence-corrected chi connectivity index (χ1v) is 10.7. The Balaban J connectivity index is 2.19. The maximum atomic E-state index is 11.1. The molecule has 6 heteroatoms. The van der Waals surface area contributed by atoms with Gasteiger partial charge in [0.25, 0.3) is 0 Å². The second-order valence-electron chi connectivity index (χ2n) is 10.7. The van der Waals surface area contributed by atoms with Crippen LogP contribution in [0, 0.1) is 0 Å². The van der Waals surface area contributed by atoms with Crippen molar-refractivity contribution < 1.29 is 29.6 Å². The van der Waals surface area contributed by atoms with E-state index in [1.165, 1.54) is 13.8 Å². The van der Waals surface area contributed by atoms with Crippen molar-refractivity contribution in [2.45, 2.75) is 77.9 Å². The number of aliphatic hydroxyl groups excluding tert-OH is 1. The van der Waals surface area contributed by atoms with Crippen LogP contribution in [0.25, 0.3) is 0 Å². The van der Waals surface area contributed by atoms with Crippen molar-refractivity contribution in [2.75, 3.05) is 6.61 Å². The lowest BCUT2D eigenvalue weighted by atomic mass is 9.79. The van der Waals surface area contributed by atoms with Crippen LogP contribution in [0.2, 0.25) is 0 Å². The second kappa shape index (κ2) is 9.02. The molecule has 2 aromatic carbocycles. The van der Waals surface area contributed by atoms with Crippen LogP contribution in [0.15, 0.2) is 36.4 Å². The maximum absolute atomic E-state index is 11.1. The molecule has 0 aliphatic heterocycles. The molecule has 176 valence electrons. The van der Waals surface area contributed by atoms with Crippen LogP contribution in [-0.4, -0.2) is 28.4 Å². The van der Waals surface area contributed by atoms with E-state index in [-0.39, 0.29) is 23.2 Å². The molecule has 0 saturated heterocycles. The first-order valence-electron chi connectivity index (χ1n) is 10.7. The highest BCUT2D eigenvalue weighted by atomic mass is 16.5. The number of aromatic hydroxyl groups is 1. The fourth-order valence-electron chi connectivity index (χ4n) is 3.20.